The van der Waals surface area contributed by atoms with E-state index < -0.39 is 11.2 Å². The Hall–Kier alpha value is -3.56. The highest BCUT2D eigenvalue weighted by Crippen LogP contribution is 2.57. The zero-order chi connectivity index (χ0) is 29.6. The summed E-state index contributed by atoms with van der Waals surface area (Å²) in [6, 6.07) is 48.5. The summed E-state index contributed by atoms with van der Waals surface area (Å²) in [5.41, 5.74) is 5.60. The van der Waals surface area contributed by atoms with Crippen molar-refractivity contribution in [3.05, 3.63) is 199 Å². The SMILES string of the molecule is Clc1ccc(C2(c3ccc(Cl)cc3)OC(c3ccc(Cl)cc3)(c3ccc(Cl)cc3)c3ccccc3-c3ccccc32)cc1. The molecule has 210 valence electrons. The first-order chi connectivity index (χ1) is 20.9. The fourth-order valence-electron chi connectivity index (χ4n) is 6.32. The van der Waals surface area contributed by atoms with Crippen LogP contribution in [0.1, 0.15) is 33.4 Å². The molecule has 0 fully saturated rings. The van der Waals surface area contributed by atoms with Gasteiger partial charge in [0, 0.05) is 31.2 Å². The summed E-state index contributed by atoms with van der Waals surface area (Å²) in [6.07, 6.45) is 0. The van der Waals surface area contributed by atoms with Crippen molar-refractivity contribution in [2.45, 2.75) is 11.2 Å². The summed E-state index contributed by atoms with van der Waals surface area (Å²) in [5.74, 6) is 0. The van der Waals surface area contributed by atoms with Gasteiger partial charge in [-0.05, 0) is 81.9 Å². The molecule has 0 bridgehead atoms. The van der Waals surface area contributed by atoms with E-state index in [1.165, 1.54) is 0 Å². The number of hydrogen-bond donors (Lipinski definition) is 0. The summed E-state index contributed by atoms with van der Waals surface area (Å²) < 4.78 is 7.97. The number of halogens is 4. The maximum atomic E-state index is 7.97. The van der Waals surface area contributed by atoms with Gasteiger partial charge in [-0.2, -0.15) is 0 Å². The highest BCUT2D eigenvalue weighted by Gasteiger charge is 2.52. The van der Waals surface area contributed by atoms with Crippen LogP contribution in [0.15, 0.2) is 146 Å². The monoisotopic (exact) mass is 636 g/mol. The van der Waals surface area contributed by atoms with E-state index in [1.54, 1.807) is 0 Å². The maximum absolute atomic E-state index is 7.97. The van der Waals surface area contributed by atoms with E-state index >= 15 is 0 Å². The Labute approximate surface area is 271 Å². The lowest BCUT2D eigenvalue weighted by Gasteiger charge is -2.45. The van der Waals surface area contributed by atoms with E-state index in [-0.39, 0.29) is 0 Å². The minimum absolute atomic E-state index is 0.641. The fourth-order valence-corrected chi connectivity index (χ4v) is 6.82. The van der Waals surface area contributed by atoms with Crippen LogP contribution in [0, 0.1) is 0 Å². The van der Waals surface area contributed by atoms with Gasteiger partial charge in [-0.25, -0.2) is 0 Å². The highest BCUT2D eigenvalue weighted by atomic mass is 35.5. The fraction of sp³-hybridized carbons (Fsp3) is 0.0526. The molecular weight excluding hydrogens is 614 g/mol. The third-order valence-electron chi connectivity index (χ3n) is 8.21. The predicted molar refractivity (Wildman–Crippen MR) is 179 cm³/mol. The summed E-state index contributed by atoms with van der Waals surface area (Å²) in [4.78, 5) is 0. The Bertz CT molecular complexity index is 1680. The Morgan fingerprint density at radius 2 is 0.581 bits per heavy atom. The molecule has 0 spiro atoms. The standard InChI is InChI=1S/C38H24Cl4O/c39-29-17-9-25(10-18-29)37(26-11-19-30(40)20-12-26)35-7-3-1-5-33(35)34-6-2-4-8-36(34)38(43-37,27-13-21-31(41)22-14-27)28-15-23-32(42)24-16-28/h1-24H. The Morgan fingerprint density at radius 3 is 0.860 bits per heavy atom. The second-order valence-electron chi connectivity index (χ2n) is 10.6. The zero-order valence-electron chi connectivity index (χ0n) is 22.8. The molecule has 0 saturated carbocycles. The first-order valence-corrected chi connectivity index (χ1v) is 15.4. The van der Waals surface area contributed by atoms with Gasteiger partial charge in [-0.3, -0.25) is 0 Å². The van der Waals surface area contributed by atoms with Crippen molar-refractivity contribution in [2.24, 2.45) is 0 Å². The van der Waals surface area contributed by atoms with Crippen LogP contribution in [0.3, 0.4) is 0 Å². The smallest absolute Gasteiger partial charge is 0.146 e. The van der Waals surface area contributed by atoms with Gasteiger partial charge in [0.2, 0.25) is 0 Å². The van der Waals surface area contributed by atoms with Crippen molar-refractivity contribution in [1.82, 2.24) is 0 Å². The van der Waals surface area contributed by atoms with Crippen LogP contribution in [-0.4, -0.2) is 0 Å². The lowest BCUT2D eigenvalue weighted by Crippen LogP contribution is -2.43. The number of ether oxygens (including phenoxy) is 1. The van der Waals surface area contributed by atoms with E-state index in [9.17, 15) is 0 Å². The lowest BCUT2D eigenvalue weighted by atomic mass is 9.77. The normalized spacial score (nSPS) is 14.8. The second-order valence-corrected chi connectivity index (χ2v) is 12.3. The number of fused-ring (bicyclic) bond motifs is 3. The maximum Gasteiger partial charge on any atom is 0.146 e. The molecule has 0 saturated heterocycles. The molecule has 7 rings (SSSR count). The van der Waals surface area contributed by atoms with Gasteiger partial charge in [0.1, 0.15) is 11.2 Å². The molecule has 0 amide bonds. The Morgan fingerprint density at radius 1 is 0.326 bits per heavy atom. The van der Waals surface area contributed by atoms with Gasteiger partial charge in [0.25, 0.3) is 0 Å². The summed E-state index contributed by atoms with van der Waals surface area (Å²) in [5, 5.41) is 2.56. The van der Waals surface area contributed by atoms with E-state index in [2.05, 4.69) is 48.5 Å². The van der Waals surface area contributed by atoms with Crippen LogP contribution in [0.5, 0.6) is 0 Å². The third-order valence-corrected chi connectivity index (χ3v) is 9.22. The molecule has 5 heteroatoms. The van der Waals surface area contributed by atoms with Crippen LogP contribution in [0.2, 0.25) is 20.1 Å². The average molecular weight is 638 g/mol. The minimum atomic E-state index is -1.11. The van der Waals surface area contributed by atoms with E-state index in [0.29, 0.717) is 20.1 Å². The molecule has 0 aromatic heterocycles. The van der Waals surface area contributed by atoms with Crippen LogP contribution < -0.4 is 0 Å². The number of benzene rings is 6. The van der Waals surface area contributed by atoms with Crippen LogP contribution in [0.25, 0.3) is 11.1 Å². The van der Waals surface area contributed by atoms with E-state index in [0.717, 1.165) is 44.5 Å². The first-order valence-electron chi connectivity index (χ1n) is 13.9. The van der Waals surface area contributed by atoms with Crippen molar-refractivity contribution in [3.8, 4) is 11.1 Å². The summed E-state index contributed by atoms with van der Waals surface area (Å²) >= 11 is 25.8. The molecule has 1 aliphatic rings. The number of rotatable bonds is 4. The van der Waals surface area contributed by atoms with Gasteiger partial charge in [-0.15, -0.1) is 0 Å². The Kier molecular flexibility index (Phi) is 7.33. The molecule has 1 aliphatic heterocycles. The minimum Gasteiger partial charge on any atom is -0.340 e. The summed E-state index contributed by atoms with van der Waals surface area (Å²) in [7, 11) is 0. The van der Waals surface area contributed by atoms with Crippen LogP contribution >= 0.6 is 46.4 Å². The Balaban J connectivity index is 1.70. The molecule has 1 nitrogen and oxygen atoms in total. The van der Waals surface area contributed by atoms with Gasteiger partial charge < -0.3 is 4.74 Å². The third kappa shape index (κ3) is 4.68. The lowest BCUT2D eigenvalue weighted by molar-refractivity contribution is -0.0786. The molecule has 6 aromatic rings. The molecule has 43 heavy (non-hydrogen) atoms. The van der Waals surface area contributed by atoms with Crippen molar-refractivity contribution in [3.63, 3.8) is 0 Å². The predicted octanol–water partition coefficient (Wildman–Crippen LogP) is 11.6. The topological polar surface area (TPSA) is 9.23 Å². The highest BCUT2D eigenvalue weighted by molar-refractivity contribution is 6.31. The molecule has 0 atom stereocenters. The quantitative estimate of drug-likeness (QED) is 0.187. The molecule has 1 heterocycles. The molecule has 0 aliphatic carbocycles. The van der Waals surface area contributed by atoms with E-state index in [1.807, 2.05) is 97.1 Å². The first kappa shape index (κ1) is 28.2. The van der Waals surface area contributed by atoms with Gasteiger partial charge >= 0.3 is 0 Å². The molecule has 6 aromatic carbocycles. The molecule has 0 radical (unpaired) electrons. The molecule has 0 N–H and O–H groups in total. The van der Waals surface area contributed by atoms with Crippen LogP contribution in [-0.2, 0) is 15.9 Å². The van der Waals surface area contributed by atoms with Crippen molar-refractivity contribution >= 4 is 46.4 Å². The second kappa shape index (κ2) is 11.2. The van der Waals surface area contributed by atoms with Gasteiger partial charge in [0.15, 0.2) is 0 Å². The van der Waals surface area contributed by atoms with Gasteiger partial charge in [0.05, 0.1) is 0 Å². The number of hydrogen-bond acceptors (Lipinski definition) is 1. The average Bonchev–Trinajstić information content (AvgIpc) is 3.15. The van der Waals surface area contributed by atoms with E-state index in [4.69, 9.17) is 51.1 Å². The van der Waals surface area contributed by atoms with Crippen molar-refractivity contribution in [1.29, 1.82) is 0 Å². The van der Waals surface area contributed by atoms with Crippen molar-refractivity contribution < 1.29 is 4.74 Å². The zero-order valence-corrected chi connectivity index (χ0v) is 25.8. The van der Waals surface area contributed by atoms with Crippen molar-refractivity contribution in [2.75, 3.05) is 0 Å². The van der Waals surface area contributed by atoms with Gasteiger partial charge in [-0.1, -0.05) is 143 Å². The summed E-state index contributed by atoms with van der Waals surface area (Å²) in [6.45, 7) is 0. The largest absolute Gasteiger partial charge is 0.340 e. The molecular formula is C38H24Cl4O. The van der Waals surface area contributed by atoms with Crippen LogP contribution in [0.4, 0.5) is 0 Å². The molecule has 0 unspecified atom stereocenters.